The van der Waals surface area contributed by atoms with Crippen LogP contribution in [-0.4, -0.2) is 119 Å². The minimum atomic E-state index is -1.64. The molecule has 0 fully saturated rings. The molecule has 4 heterocycles. The Labute approximate surface area is 698 Å². The van der Waals surface area contributed by atoms with Gasteiger partial charge < -0.3 is 85.9 Å². The molecule has 12 rings (SSSR count). The van der Waals surface area contributed by atoms with Crippen molar-refractivity contribution in [2.45, 2.75) is 79.2 Å². The largest absolute Gasteiger partial charge is 0.505 e. The van der Waals surface area contributed by atoms with Crippen LogP contribution in [0.2, 0.25) is 0 Å². The number of nitrogens with zero attached hydrogens (tertiary/aromatic N) is 8. The van der Waals surface area contributed by atoms with Gasteiger partial charge in [0, 0.05) is 80.3 Å². The maximum absolute atomic E-state index is 13.7. The summed E-state index contributed by atoms with van der Waals surface area (Å²) in [6, 6.07) is 53.4. The molecule has 12 aromatic rings. The molecule has 1 unspecified atom stereocenters. The Bertz CT molecular complexity index is 5610. The van der Waals surface area contributed by atoms with Gasteiger partial charge in [0.25, 0.3) is 5.91 Å². The van der Waals surface area contributed by atoms with Crippen molar-refractivity contribution in [1.29, 1.82) is 0 Å². The van der Waals surface area contributed by atoms with Crippen LogP contribution in [0.1, 0.15) is 82.4 Å². The lowest BCUT2D eigenvalue weighted by Crippen LogP contribution is -2.21. The predicted octanol–water partition coefficient (Wildman–Crippen LogP) is 14.4. The van der Waals surface area contributed by atoms with Gasteiger partial charge in [0.1, 0.15) is 77.4 Å². The van der Waals surface area contributed by atoms with Crippen LogP contribution >= 0.6 is 0 Å². The van der Waals surface area contributed by atoms with E-state index in [1.165, 1.54) is 141 Å². The van der Waals surface area contributed by atoms with E-state index in [2.05, 4.69) is 115 Å². The van der Waals surface area contributed by atoms with Crippen LogP contribution in [0, 0.1) is 11.6 Å². The second-order valence-electron chi connectivity index (χ2n) is 27.1. The number of amides is 8. The Kier molecular flexibility index (Phi) is 32.3. The zero-order valence-electron chi connectivity index (χ0n) is 67.4. The fourth-order valence-corrected chi connectivity index (χ4v) is 10.7. The maximum Gasteiger partial charge on any atom is 0.257 e. The predicted molar refractivity (Wildman–Crippen MR) is 448 cm³/mol. The summed E-state index contributed by atoms with van der Waals surface area (Å²) in [5, 5.41) is 40.3. The van der Waals surface area contributed by atoms with E-state index in [9.17, 15) is 57.4 Å². The average Bonchev–Trinajstić information content (AvgIpc) is 0.833. The summed E-state index contributed by atoms with van der Waals surface area (Å²) < 4.78 is 65.5. The number of aliphatic hydroxyl groups is 1. The standard InChI is InChI=1S/C24H26N4O3.C23H24N4O6.2C20H17FN4O4/c1-16(29)27-21-14-23(26-15-25-21)31-20-11-9-19(10-12-20)28-22(30)13-17-5-7-18(8-6-17)24(2,3)4;1-14(28)26-20-12-22(25-13-24-20)33-17-7-5-16(6-8-17)27-21(29)11-15-9-18(30-2)23(32-4)19(10-15)31-3;1-12(26)24-18-10-20(23-11-22-18)29-15-5-3-14(4-6-15)25-19(28)9-13-2-7-17(27)16(21)8-13;1-12(26)24-17-10-18(23-11-22-17)29-14-8-6-13(7-9-14)25-20(28)19(27)15-4-2-3-5-16(15)21/h5-12,14-15H,13H2,1-4H3,(H,28,30)(H,25,26,27,29);5-10,12-13H,11H2,1-4H3,(H,27,29)(H,24,25,26,28);2-8,10-11,27H,9H2,1H3,(H,25,28)(H,22,23,24,26);2-11,19,27H,1H3,(H,25,28)(H,22,23,24,26). The van der Waals surface area contributed by atoms with E-state index >= 15 is 0 Å². The molecule has 8 aromatic carbocycles. The molecule has 10 N–H and O–H groups in total. The summed E-state index contributed by atoms with van der Waals surface area (Å²) >= 11 is 0. The Balaban J connectivity index is 0.000000185. The SMILES string of the molecule is CC(=O)Nc1cc(Oc2ccc(NC(=O)C(O)c3ccccc3F)cc2)ncn1.CC(=O)Nc1cc(Oc2ccc(NC(=O)Cc3ccc(C(C)(C)C)cc3)cc2)ncn1.CC(=O)Nc1cc(Oc2ccc(NC(=O)Cc3ccc(O)c(F)c3)cc2)ncn1.COc1cc(CC(=O)Nc2ccc(Oc3cc(NC(C)=O)ncn3)cc2)cc(OC)c1OC. The second kappa shape index (κ2) is 43.9. The third-order valence-corrected chi connectivity index (χ3v) is 16.3. The van der Waals surface area contributed by atoms with E-state index in [1.807, 2.05) is 12.1 Å². The van der Waals surface area contributed by atoms with Gasteiger partial charge >= 0.3 is 0 Å². The van der Waals surface area contributed by atoms with Crippen LogP contribution in [0.5, 0.6) is 69.5 Å². The first kappa shape index (κ1) is 90.0. The first-order valence-corrected chi connectivity index (χ1v) is 36.9. The van der Waals surface area contributed by atoms with E-state index in [1.54, 1.807) is 109 Å². The van der Waals surface area contributed by atoms with Crippen molar-refractivity contribution in [3.63, 3.8) is 0 Å². The van der Waals surface area contributed by atoms with Crippen LogP contribution in [0.4, 0.5) is 54.8 Å². The third-order valence-electron chi connectivity index (χ3n) is 16.3. The highest BCUT2D eigenvalue weighted by Crippen LogP contribution is 2.39. The van der Waals surface area contributed by atoms with Gasteiger partial charge in [0.05, 0.1) is 40.6 Å². The first-order chi connectivity index (χ1) is 58.4. The molecule has 0 bridgehead atoms. The zero-order valence-corrected chi connectivity index (χ0v) is 67.4. The highest BCUT2D eigenvalue weighted by Gasteiger charge is 2.22. The highest BCUT2D eigenvalue weighted by atomic mass is 19.1. The number of ether oxygens (including phenoxy) is 7. The fourth-order valence-electron chi connectivity index (χ4n) is 10.7. The molecule has 0 aliphatic heterocycles. The van der Waals surface area contributed by atoms with Gasteiger partial charge in [-0.25, -0.2) is 48.7 Å². The Hall–Kier alpha value is -15.9. The topological polar surface area (TPSA) is 441 Å². The number of carbonyl (C=O) groups excluding carboxylic acids is 8. The molecule has 0 aliphatic rings. The van der Waals surface area contributed by atoms with Crippen molar-refractivity contribution in [1.82, 2.24) is 39.9 Å². The summed E-state index contributed by atoms with van der Waals surface area (Å²) in [5.41, 5.74) is 5.52. The van der Waals surface area contributed by atoms with Crippen molar-refractivity contribution in [2.24, 2.45) is 0 Å². The molecule has 122 heavy (non-hydrogen) atoms. The second-order valence-corrected chi connectivity index (χ2v) is 27.1. The number of carbonyl (C=O) groups is 8. The van der Waals surface area contributed by atoms with Gasteiger partial charge in [-0.2, -0.15) is 0 Å². The van der Waals surface area contributed by atoms with Gasteiger partial charge in [-0.05, 0) is 155 Å². The van der Waals surface area contributed by atoms with Crippen LogP contribution in [-0.2, 0) is 63.0 Å². The molecular formula is C87H84F2N16O17. The summed E-state index contributed by atoms with van der Waals surface area (Å²) in [4.78, 5) is 125. The van der Waals surface area contributed by atoms with Crippen molar-refractivity contribution in [3.05, 3.63) is 265 Å². The minimum absolute atomic E-state index is 0.0394. The molecular weight excluding hydrogens is 1580 g/mol. The van der Waals surface area contributed by atoms with Gasteiger partial charge in [0.15, 0.2) is 29.2 Å². The molecule has 35 heteroatoms. The monoisotopic (exact) mass is 1660 g/mol. The summed E-state index contributed by atoms with van der Waals surface area (Å²) in [6.07, 6.45) is 3.85. The van der Waals surface area contributed by atoms with Crippen molar-refractivity contribution < 1.29 is 90.5 Å². The number of halogens is 2. The van der Waals surface area contributed by atoms with E-state index in [4.69, 9.17) is 33.2 Å². The number of aromatic hydroxyl groups is 1. The van der Waals surface area contributed by atoms with E-state index in [-0.39, 0.29) is 82.8 Å². The molecule has 0 aliphatic carbocycles. The number of hydrogen-bond acceptors (Lipinski definition) is 25. The zero-order chi connectivity index (χ0) is 87.8. The van der Waals surface area contributed by atoms with Gasteiger partial charge in [-0.15, -0.1) is 0 Å². The van der Waals surface area contributed by atoms with Crippen molar-refractivity contribution in [3.8, 4) is 69.5 Å². The number of nitrogens with one attached hydrogen (secondary N) is 8. The number of benzene rings is 8. The van der Waals surface area contributed by atoms with Gasteiger partial charge in [-0.3, -0.25) is 38.4 Å². The molecule has 0 saturated heterocycles. The Morgan fingerprint density at radius 1 is 0.369 bits per heavy atom. The minimum Gasteiger partial charge on any atom is -0.505 e. The lowest BCUT2D eigenvalue weighted by atomic mass is 9.86. The van der Waals surface area contributed by atoms with Crippen LogP contribution in [0.3, 0.4) is 0 Å². The lowest BCUT2D eigenvalue weighted by Gasteiger charge is -2.19. The average molecular weight is 1660 g/mol. The van der Waals surface area contributed by atoms with E-state index < -0.39 is 29.4 Å². The quantitative estimate of drug-likeness (QED) is 0.0229. The molecule has 0 spiro atoms. The van der Waals surface area contributed by atoms with E-state index in [0.29, 0.717) is 110 Å². The molecule has 4 aromatic heterocycles. The molecule has 628 valence electrons. The maximum atomic E-state index is 13.7. The Morgan fingerprint density at radius 3 is 1.02 bits per heavy atom. The first-order valence-electron chi connectivity index (χ1n) is 36.9. The number of phenolic OH excluding ortho intramolecular Hbond substituents is 1. The molecule has 1 atom stereocenters. The van der Waals surface area contributed by atoms with Crippen LogP contribution < -0.4 is 75.7 Å². The van der Waals surface area contributed by atoms with Crippen molar-refractivity contribution in [2.75, 3.05) is 63.9 Å². The van der Waals surface area contributed by atoms with Crippen LogP contribution in [0.15, 0.2) is 225 Å². The number of methoxy groups -OCH3 is 3. The van der Waals surface area contributed by atoms with Gasteiger partial charge in [-0.1, -0.05) is 69.3 Å². The highest BCUT2D eigenvalue weighted by molar-refractivity contribution is 5.96. The number of rotatable bonds is 27. The molecule has 0 saturated carbocycles. The number of aliphatic hydroxyl groups excluding tert-OH is 1. The van der Waals surface area contributed by atoms with E-state index in [0.717, 1.165) is 11.6 Å². The van der Waals surface area contributed by atoms with Gasteiger partial charge in [0.2, 0.25) is 70.6 Å². The summed E-state index contributed by atoms with van der Waals surface area (Å²) in [5.74, 6) is 1.41. The lowest BCUT2D eigenvalue weighted by molar-refractivity contribution is -0.124. The number of anilines is 8. The number of hydrogen-bond donors (Lipinski definition) is 10. The fraction of sp³-hybridized carbons (Fsp3) is 0.172. The molecule has 0 radical (unpaired) electrons. The number of aromatic nitrogens is 8. The molecule has 33 nitrogen and oxygen atoms in total. The molecule has 8 amide bonds. The third kappa shape index (κ3) is 29.3. The smallest absolute Gasteiger partial charge is 0.257 e. The summed E-state index contributed by atoms with van der Waals surface area (Å²) in [6.45, 7) is 12.0. The van der Waals surface area contributed by atoms with Crippen molar-refractivity contribution >= 4 is 93.3 Å². The summed E-state index contributed by atoms with van der Waals surface area (Å²) in [7, 11) is 4.56. The Morgan fingerprint density at radius 2 is 0.697 bits per heavy atom. The normalized spacial score (nSPS) is 10.7. The van der Waals surface area contributed by atoms with Crippen LogP contribution in [0.25, 0.3) is 0 Å². The number of phenols is 1.